The van der Waals surface area contributed by atoms with Gasteiger partial charge in [0.2, 0.25) is 19.7 Å². The van der Waals surface area contributed by atoms with Crippen LogP contribution in [0.15, 0.2) is 141 Å². The molecule has 0 N–H and O–H groups in total. The summed E-state index contributed by atoms with van der Waals surface area (Å²) in [5.41, 5.74) is 3.31. The molecular weight excluding hydrogens is 695 g/mol. The van der Waals surface area contributed by atoms with Gasteiger partial charge in [-0.25, -0.2) is 35.5 Å². The van der Waals surface area contributed by atoms with Gasteiger partial charge in [0.05, 0.1) is 30.7 Å². The fourth-order valence-electron chi connectivity index (χ4n) is 6.37. The molecule has 12 heteroatoms. The Bertz CT molecular complexity index is 2430. The summed E-state index contributed by atoms with van der Waals surface area (Å²) >= 11 is 0. The number of pyridine rings is 1. The minimum absolute atomic E-state index is 0.0436. The Hall–Kier alpha value is -5.85. The lowest BCUT2D eigenvalue weighted by Gasteiger charge is -2.20. The van der Waals surface area contributed by atoms with Gasteiger partial charge in [-0.3, -0.25) is 9.59 Å². The van der Waals surface area contributed by atoms with Gasteiger partial charge >= 0.3 is 0 Å². The summed E-state index contributed by atoms with van der Waals surface area (Å²) in [6, 6.07) is 25.8. The quantitative estimate of drug-likeness (QED) is 0.122. The summed E-state index contributed by atoms with van der Waals surface area (Å²) in [7, 11) is -8.00. The van der Waals surface area contributed by atoms with Crippen LogP contribution in [0.5, 0.6) is 0 Å². The molecule has 0 unspecified atom stereocenters. The van der Waals surface area contributed by atoms with Gasteiger partial charge in [-0.15, -0.1) is 0 Å². The third-order valence-corrected chi connectivity index (χ3v) is 12.4. The molecule has 0 aliphatic carbocycles. The van der Waals surface area contributed by atoms with Crippen LogP contribution in [-0.4, -0.2) is 33.6 Å². The third kappa shape index (κ3) is 5.62. The molecule has 7 rings (SSSR count). The Morgan fingerprint density at radius 2 is 0.843 bits per heavy atom. The van der Waals surface area contributed by atoms with E-state index in [4.69, 9.17) is 0 Å². The van der Waals surface area contributed by atoms with Crippen LogP contribution in [-0.2, 0) is 19.7 Å². The fourth-order valence-corrected chi connectivity index (χ4v) is 8.89. The molecule has 0 bridgehead atoms. The zero-order valence-corrected chi connectivity index (χ0v) is 28.6. The lowest BCUT2D eigenvalue weighted by molar-refractivity contribution is 0.0924. The highest BCUT2D eigenvalue weighted by Crippen LogP contribution is 2.45. The lowest BCUT2D eigenvalue weighted by Crippen LogP contribution is -2.30. The van der Waals surface area contributed by atoms with E-state index in [1.54, 1.807) is 56.3 Å². The highest BCUT2D eigenvalue weighted by Gasteiger charge is 2.42. The van der Waals surface area contributed by atoms with Crippen molar-refractivity contribution in [3.05, 3.63) is 155 Å². The van der Waals surface area contributed by atoms with Crippen LogP contribution >= 0.6 is 0 Å². The van der Waals surface area contributed by atoms with E-state index in [9.17, 15) is 35.2 Å². The van der Waals surface area contributed by atoms with Gasteiger partial charge in [0.1, 0.15) is 17.5 Å². The van der Waals surface area contributed by atoms with Gasteiger partial charge in [0.15, 0.2) is 0 Å². The van der Waals surface area contributed by atoms with Crippen LogP contribution < -0.4 is 4.90 Å². The maximum Gasteiger partial charge on any atom is 0.267 e. The standard InChI is InChI=1S/C39H26F2N2O6S2/c1-23-34(25-6-14-29(15-7-25)50(46,47)31-18-10-27(40)11-19-31)35(24(2)37-36(23)38(44)43(39(37)45)33-5-3-4-22-42-33)26-8-16-30(17-9-26)51(48,49)32-20-12-28(41)13-21-32/h3-22H,1-2H3. The lowest BCUT2D eigenvalue weighted by atomic mass is 9.82. The van der Waals surface area contributed by atoms with E-state index in [1.165, 1.54) is 54.7 Å². The van der Waals surface area contributed by atoms with Crippen molar-refractivity contribution in [3.8, 4) is 22.3 Å². The van der Waals surface area contributed by atoms with E-state index >= 15 is 0 Å². The molecule has 0 radical (unpaired) electrons. The highest BCUT2D eigenvalue weighted by molar-refractivity contribution is 7.91. The monoisotopic (exact) mass is 720 g/mol. The number of halogens is 2. The molecule has 2 amide bonds. The van der Waals surface area contributed by atoms with Crippen LogP contribution in [0.25, 0.3) is 22.3 Å². The first-order valence-corrected chi connectivity index (χ1v) is 18.5. The molecule has 254 valence electrons. The predicted octanol–water partition coefficient (Wildman–Crippen LogP) is 7.78. The summed E-state index contributed by atoms with van der Waals surface area (Å²) in [5, 5.41) is 0. The topological polar surface area (TPSA) is 119 Å². The number of aromatic nitrogens is 1. The largest absolute Gasteiger partial charge is 0.268 e. The zero-order valence-electron chi connectivity index (χ0n) is 27.0. The van der Waals surface area contributed by atoms with Crippen LogP contribution in [0.2, 0.25) is 0 Å². The molecule has 5 aromatic carbocycles. The van der Waals surface area contributed by atoms with Gasteiger partial charge in [-0.1, -0.05) is 30.3 Å². The average Bonchev–Trinajstić information content (AvgIpc) is 3.40. The molecule has 2 heterocycles. The van der Waals surface area contributed by atoms with Crippen molar-refractivity contribution in [2.24, 2.45) is 0 Å². The number of benzene rings is 5. The first-order chi connectivity index (χ1) is 24.3. The first kappa shape index (κ1) is 33.6. The molecule has 6 aromatic rings. The minimum atomic E-state index is -4.00. The number of nitrogens with zero attached hydrogens (tertiary/aromatic N) is 2. The molecule has 0 atom stereocenters. The van der Waals surface area contributed by atoms with Crippen LogP contribution in [0, 0.1) is 25.5 Å². The van der Waals surface area contributed by atoms with Crippen LogP contribution in [0.4, 0.5) is 14.6 Å². The van der Waals surface area contributed by atoms with Gasteiger partial charge in [0.25, 0.3) is 11.8 Å². The Kier molecular flexibility index (Phi) is 8.23. The molecule has 0 saturated carbocycles. The van der Waals surface area contributed by atoms with Crippen molar-refractivity contribution < 1.29 is 35.2 Å². The van der Waals surface area contributed by atoms with Crippen molar-refractivity contribution in [1.29, 1.82) is 0 Å². The molecule has 0 saturated heterocycles. The average molecular weight is 721 g/mol. The molecule has 1 aliphatic heterocycles. The number of imide groups is 1. The van der Waals surface area contributed by atoms with Crippen molar-refractivity contribution in [2.45, 2.75) is 33.4 Å². The number of hydrogen-bond donors (Lipinski definition) is 0. The Labute approximate surface area is 292 Å². The predicted molar refractivity (Wildman–Crippen MR) is 186 cm³/mol. The maximum absolute atomic E-state index is 14.0. The van der Waals surface area contributed by atoms with Gasteiger partial charge in [0, 0.05) is 6.20 Å². The Balaban J connectivity index is 1.40. The van der Waals surface area contributed by atoms with E-state index in [2.05, 4.69) is 4.98 Å². The van der Waals surface area contributed by atoms with Gasteiger partial charge in [-0.2, -0.15) is 0 Å². The molecule has 51 heavy (non-hydrogen) atoms. The number of rotatable bonds is 7. The number of carbonyl (C=O) groups is 2. The number of sulfone groups is 2. The molecule has 0 spiro atoms. The Morgan fingerprint density at radius 1 is 0.490 bits per heavy atom. The van der Waals surface area contributed by atoms with Crippen molar-refractivity contribution >= 4 is 37.3 Å². The maximum atomic E-state index is 14.0. The van der Waals surface area contributed by atoms with E-state index in [0.29, 0.717) is 33.4 Å². The minimum Gasteiger partial charge on any atom is -0.268 e. The smallest absolute Gasteiger partial charge is 0.267 e. The number of fused-ring (bicyclic) bond motifs is 1. The number of hydrogen-bond acceptors (Lipinski definition) is 7. The summed E-state index contributed by atoms with van der Waals surface area (Å²) in [6.45, 7) is 3.39. The fraction of sp³-hybridized carbons (Fsp3) is 0.0513. The summed E-state index contributed by atoms with van der Waals surface area (Å²) < 4.78 is 80.4. The summed E-state index contributed by atoms with van der Waals surface area (Å²) in [6.07, 6.45) is 1.47. The third-order valence-electron chi connectivity index (χ3n) is 8.87. The SMILES string of the molecule is Cc1c2c(c(C)c(-c3ccc(S(=O)(=O)c4ccc(F)cc4)cc3)c1-c1ccc(S(=O)(=O)c3ccc(F)cc3)cc1)C(=O)N(c1ccccn1)C2=O. The normalized spacial score (nSPS) is 13.1. The van der Waals surface area contributed by atoms with Crippen molar-refractivity contribution in [1.82, 2.24) is 4.98 Å². The number of anilines is 1. The van der Waals surface area contributed by atoms with E-state index in [-0.39, 0.29) is 36.5 Å². The van der Waals surface area contributed by atoms with E-state index in [1.807, 2.05) is 0 Å². The Morgan fingerprint density at radius 3 is 1.18 bits per heavy atom. The molecule has 1 aliphatic rings. The van der Waals surface area contributed by atoms with Crippen molar-refractivity contribution in [2.75, 3.05) is 4.90 Å². The van der Waals surface area contributed by atoms with Gasteiger partial charge in [-0.05, 0) is 132 Å². The second kappa shape index (κ2) is 12.5. The summed E-state index contributed by atoms with van der Waals surface area (Å²) in [5.74, 6) is -2.14. The molecule has 0 fully saturated rings. The van der Waals surface area contributed by atoms with Crippen molar-refractivity contribution in [3.63, 3.8) is 0 Å². The van der Waals surface area contributed by atoms with Crippen LogP contribution in [0.1, 0.15) is 31.8 Å². The second-order valence-corrected chi connectivity index (χ2v) is 15.7. The van der Waals surface area contributed by atoms with Crippen LogP contribution in [0.3, 0.4) is 0 Å². The van der Waals surface area contributed by atoms with E-state index < -0.39 is 43.1 Å². The second-order valence-electron chi connectivity index (χ2n) is 11.8. The summed E-state index contributed by atoms with van der Waals surface area (Å²) in [4.78, 5) is 32.9. The van der Waals surface area contributed by atoms with E-state index in [0.717, 1.165) is 29.2 Å². The number of carbonyl (C=O) groups excluding carboxylic acids is 2. The number of amides is 2. The molecular formula is C39H26F2N2O6S2. The van der Waals surface area contributed by atoms with Gasteiger partial charge < -0.3 is 0 Å². The highest BCUT2D eigenvalue weighted by atomic mass is 32.2. The molecule has 1 aromatic heterocycles. The first-order valence-electron chi connectivity index (χ1n) is 15.5. The molecule has 8 nitrogen and oxygen atoms in total. The zero-order chi connectivity index (χ0) is 36.2.